The highest BCUT2D eigenvalue weighted by Gasteiger charge is 2.53. The van der Waals surface area contributed by atoms with Crippen LogP contribution in [0.25, 0.3) is 0 Å². The number of hydrogen-bond donors (Lipinski definition) is 0. The number of likely N-dealkylation sites (tertiary alicyclic amines) is 1. The number of benzene rings is 1. The first kappa shape index (κ1) is 18.5. The first-order valence-corrected chi connectivity index (χ1v) is 9.14. The van der Waals surface area contributed by atoms with Crippen molar-refractivity contribution in [1.29, 1.82) is 0 Å². The first-order chi connectivity index (χ1) is 12.0. The van der Waals surface area contributed by atoms with Gasteiger partial charge in [0.2, 0.25) is 6.43 Å². The minimum atomic E-state index is -2.25. The zero-order valence-corrected chi connectivity index (χ0v) is 15.0. The third kappa shape index (κ3) is 3.49. The Bertz CT molecular complexity index is 605. The number of rotatable bonds is 6. The number of piperidine rings is 1. The van der Waals surface area contributed by atoms with Crippen LogP contribution in [0, 0.1) is 11.8 Å². The number of alkyl halides is 2. The summed E-state index contributed by atoms with van der Waals surface area (Å²) in [7, 11) is 1.75. The first-order valence-electron chi connectivity index (χ1n) is 9.14. The van der Waals surface area contributed by atoms with Gasteiger partial charge in [0.05, 0.1) is 0 Å². The third-order valence-corrected chi connectivity index (χ3v) is 6.00. The molecule has 1 aromatic carbocycles. The summed E-state index contributed by atoms with van der Waals surface area (Å²) in [4.78, 5) is 14.0. The van der Waals surface area contributed by atoms with Crippen LogP contribution in [0.1, 0.15) is 48.5 Å². The standard InChI is InChI=1S/C20H27F2NO2/c1-14(24)15-5-3-6-16(11-15)20(25-2)17-7-4-8-18(20)13-23(12-17)10-9-19(21)22/h3,5-6,11,17-19H,4,7-10,12-13H2,1-2H3. The average Bonchev–Trinajstić information content (AvgIpc) is 2.59. The van der Waals surface area contributed by atoms with E-state index in [1.165, 1.54) is 0 Å². The maximum absolute atomic E-state index is 12.6. The predicted molar refractivity (Wildman–Crippen MR) is 93.0 cm³/mol. The van der Waals surface area contributed by atoms with E-state index in [9.17, 15) is 13.6 Å². The Labute approximate surface area is 148 Å². The Kier molecular flexibility index (Phi) is 5.54. The van der Waals surface area contributed by atoms with Gasteiger partial charge < -0.3 is 9.64 Å². The molecule has 1 saturated carbocycles. The van der Waals surface area contributed by atoms with Gasteiger partial charge in [-0.3, -0.25) is 4.79 Å². The molecule has 0 aromatic heterocycles. The van der Waals surface area contributed by atoms with E-state index < -0.39 is 12.0 Å². The lowest BCUT2D eigenvalue weighted by molar-refractivity contribution is -0.169. The zero-order valence-electron chi connectivity index (χ0n) is 15.0. The van der Waals surface area contributed by atoms with Crippen LogP contribution in [0.15, 0.2) is 24.3 Å². The summed E-state index contributed by atoms with van der Waals surface area (Å²) < 4.78 is 31.4. The molecule has 25 heavy (non-hydrogen) atoms. The van der Waals surface area contributed by atoms with E-state index in [-0.39, 0.29) is 24.0 Å². The maximum Gasteiger partial charge on any atom is 0.239 e. The van der Waals surface area contributed by atoms with Crippen molar-refractivity contribution in [2.75, 3.05) is 26.7 Å². The molecule has 2 atom stereocenters. The number of ether oxygens (including phenoxy) is 1. The van der Waals surface area contributed by atoms with E-state index in [0.717, 1.165) is 37.9 Å². The van der Waals surface area contributed by atoms with E-state index in [2.05, 4.69) is 11.0 Å². The van der Waals surface area contributed by atoms with Gasteiger partial charge in [-0.15, -0.1) is 0 Å². The summed E-state index contributed by atoms with van der Waals surface area (Å²) in [6.07, 6.45) is 0.884. The van der Waals surface area contributed by atoms with E-state index in [1.54, 1.807) is 14.0 Å². The van der Waals surface area contributed by atoms with Crippen LogP contribution in [0.4, 0.5) is 8.78 Å². The molecule has 2 fully saturated rings. The topological polar surface area (TPSA) is 29.5 Å². The van der Waals surface area contributed by atoms with Gasteiger partial charge in [0, 0.05) is 50.6 Å². The summed E-state index contributed by atoms with van der Waals surface area (Å²) >= 11 is 0. The minimum absolute atomic E-state index is 0.0487. The van der Waals surface area contributed by atoms with Crippen molar-refractivity contribution >= 4 is 5.78 Å². The Morgan fingerprint density at radius 1 is 1.32 bits per heavy atom. The third-order valence-electron chi connectivity index (χ3n) is 6.00. The summed E-state index contributed by atoms with van der Waals surface area (Å²) in [6.45, 7) is 3.58. The summed E-state index contributed by atoms with van der Waals surface area (Å²) in [5.74, 6) is 0.586. The van der Waals surface area contributed by atoms with Gasteiger partial charge in [0.1, 0.15) is 5.60 Å². The lowest BCUT2D eigenvalue weighted by Gasteiger charge is -2.55. The van der Waals surface area contributed by atoms with Crippen LogP contribution in [-0.2, 0) is 10.3 Å². The molecule has 1 aromatic rings. The number of carbonyl (C=O) groups excluding carboxylic acids is 1. The molecule has 5 heteroatoms. The normalized spacial score (nSPS) is 29.8. The lowest BCUT2D eigenvalue weighted by Crippen LogP contribution is -2.59. The Balaban J connectivity index is 1.90. The molecule has 2 aliphatic rings. The molecule has 0 spiro atoms. The number of ketones is 1. The fourth-order valence-corrected chi connectivity index (χ4v) is 4.89. The Morgan fingerprint density at radius 3 is 2.56 bits per heavy atom. The van der Waals surface area contributed by atoms with Gasteiger partial charge in [-0.05, 0) is 31.4 Å². The van der Waals surface area contributed by atoms with Crippen molar-refractivity contribution in [2.45, 2.75) is 44.6 Å². The summed E-state index contributed by atoms with van der Waals surface area (Å²) in [6, 6.07) is 7.77. The largest absolute Gasteiger partial charge is 0.373 e. The van der Waals surface area contributed by atoms with Crippen molar-refractivity contribution in [1.82, 2.24) is 4.90 Å². The number of nitrogens with zero attached hydrogens (tertiary/aromatic N) is 1. The molecule has 1 heterocycles. The lowest BCUT2D eigenvalue weighted by atomic mass is 9.62. The van der Waals surface area contributed by atoms with Crippen LogP contribution in [0.2, 0.25) is 0 Å². The minimum Gasteiger partial charge on any atom is -0.373 e. The second-order valence-electron chi connectivity index (χ2n) is 7.40. The fraction of sp³-hybridized carbons (Fsp3) is 0.650. The van der Waals surface area contributed by atoms with Gasteiger partial charge in [-0.2, -0.15) is 0 Å². The number of hydrogen-bond acceptors (Lipinski definition) is 3. The van der Waals surface area contributed by atoms with Crippen LogP contribution in [0.3, 0.4) is 0 Å². The van der Waals surface area contributed by atoms with Crippen molar-refractivity contribution in [3.8, 4) is 0 Å². The SMILES string of the molecule is COC1(c2cccc(C(C)=O)c2)C2CCCC1CN(CCC(F)F)C2. The molecule has 0 amide bonds. The summed E-state index contributed by atoms with van der Waals surface area (Å²) in [5, 5.41) is 0. The van der Waals surface area contributed by atoms with Crippen molar-refractivity contribution in [2.24, 2.45) is 11.8 Å². The number of fused-ring (bicyclic) bond motifs is 2. The smallest absolute Gasteiger partial charge is 0.239 e. The molecular weight excluding hydrogens is 324 g/mol. The summed E-state index contributed by atoms with van der Waals surface area (Å²) in [5.41, 5.74) is 1.35. The van der Waals surface area contributed by atoms with Gasteiger partial charge >= 0.3 is 0 Å². The van der Waals surface area contributed by atoms with Crippen molar-refractivity contribution in [3.05, 3.63) is 35.4 Å². The van der Waals surface area contributed by atoms with Gasteiger partial charge in [0.15, 0.2) is 5.78 Å². The molecule has 2 bridgehead atoms. The molecule has 3 nitrogen and oxygen atoms in total. The highest BCUT2D eigenvalue weighted by molar-refractivity contribution is 5.94. The number of methoxy groups -OCH3 is 1. The second kappa shape index (κ2) is 7.50. The van der Waals surface area contributed by atoms with E-state index in [1.807, 2.05) is 18.2 Å². The van der Waals surface area contributed by atoms with Crippen LogP contribution in [0.5, 0.6) is 0 Å². The highest BCUT2D eigenvalue weighted by atomic mass is 19.3. The fourth-order valence-electron chi connectivity index (χ4n) is 4.89. The molecule has 3 rings (SSSR count). The number of Topliss-reactive ketones (excluding diaryl/α,β-unsaturated/α-hetero) is 1. The molecule has 0 N–H and O–H groups in total. The molecule has 0 radical (unpaired) electrons. The number of carbonyl (C=O) groups is 1. The van der Waals surface area contributed by atoms with Crippen LogP contribution < -0.4 is 0 Å². The van der Waals surface area contributed by atoms with Crippen molar-refractivity contribution in [3.63, 3.8) is 0 Å². The molecule has 1 aliphatic carbocycles. The molecule has 138 valence electrons. The van der Waals surface area contributed by atoms with Crippen LogP contribution in [-0.4, -0.2) is 43.9 Å². The molecular formula is C20H27F2NO2. The highest BCUT2D eigenvalue weighted by Crippen LogP contribution is 2.51. The van der Waals surface area contributed by atoms with Gasteiger partial charge in [-0.1, -0.05) is 24.6 Å². The maximum atomic E-state index is 12.6. The second-order valence-corrected chi connectivity index (χ2v) is 7.40. The average molecular weight is 351 g/mol. The van der Waals surface area contributed by atoms with E-state index >= 15 is 0 Å². The van der Waals surface area contributed by atoms with Crippen LogP contribution >= 0.6 is 0 Å². The molecule has 1 aliphatic heterocycles. The van der Waals surface area contributed by atoms with Gasteiger partial charge in [-0.25, -0.2) is 8.78 Å². The number of halogens is 2. The predicted octanol–water partition coefficient (Wildman–Crippen LogP) is 4.12. The monoisotopic (exact) mass is 351 g/mol. The molecule has 2 unspecified atom stereocenters. The quantitative estimate of drug-likeness (QED) is 0.722. The molecule has 1 saturated heterocycles. The van der Waals surface area contributed by atoms with Crippen molar-refractivity contribution < 1.29 is 18.3 Å². The Morgan fingerprint density at radius 2 is 2.00 bits per heavy atom. The van der Waals surface area contributed by atoms with Gasteiger partial charge in [0.25, 0.3) is 0 Å². The van der Waals surface area contributed by atoms with E-state index in [4.69, 9.17) is 4.74 Å². The zero-order chi connectivity index (χ0) is 18.0. The van der Waals surface area contributed by atoms with E-state index in [0.29, 0.717) is 12.1 Å². The Hall–Kier alpha value is -1.33.